The Morgan fingerprint density at radius 3 is 2.15 bits per heavy atom. The molecule has 0 saturated heterocycles. The fourth-order valence-corrected chi connectivity index (χ4v) is 1.61. The normalized spacial score (nSPS) is 14.5. The highest BCUT2D eigenvalue weighted by Gasteiger charge is 2.40. The summed E-state index contributed by atoms with van der Waals surface area (Å²) in [7, 11) is 5.81. The average molecular weight is 207 g/mol. The molecule has 0 spiro atoms. The first-order valence-corrected chi connectivity index (χ1v) is 4.84. The van der Waals surface area contributed by atoms with Crippen LogP contribution in [0.15, 0.2) is 0 Å². The van der Waals surface area contributed by atoms with Crippen molar-refractivity contribution in [1.82, 2.24) is 5.32 Å². The van der Waals surface area contributed by atoms with Crippen molar-refractivity contribution in [3.8, 4) is 0 Å². The highest BCUT2D eigenvalue weighted by atomic mass is 28.2. The van der Waals surface area contributed by atoms with Gasteiger partial charge in [-0.3, -0.25) is 0 Å². The molecule has 2 N–H and O–H groups in total. The van der Waals surface area contributed by atoms with E-state index in [-0.39, 0.29) is 6.10 Å². The fraction of sp³-hybridized carbons (Fsp3) is 1.00. The lowest BCUT2D eigenvalue weighted by molar-refractivity contribution is -0.213. The van der Waals surface area contributed by atoms with Gasteiger partial charge in [0.2, 0.25) is 5.41 Å². The van der Waals surface area contributed by atoms with Crippen LogP contribution in [-0.4, -0.2) is 61.0 Å². The number of hydrogen-bond donors (Lipinski definition) is 2. The van der Waals surface area contributed by atoms with E-state index in [1.807, 2.05) is 0 Å². The molecular weight excluding hydrogens is 190 g/mol. The Kier molecular flexibility index (Phi) is 6.48. The largest absolute Gasteiger partial charge is 0.428 e. The maximum absolute atomic E-state index is 9.17. The number of rotatable bonds is 7. The van der Waals surface area contributed by atoms with Gasteiger partial charge in [0.25, 0.3) is 0 Å². The number of hydrogen-bond acceptors (Lipinski definition) is 5. The zero-order chi connectivity index (χ0) is 10.3. The molecule has 0 aromatic rings. The Labute approximate surface area is 81.3 Å². The van der Waals surface area contributed by atoms with Crippen molar-refractivity contribution < 1.29 is 19.0 Å². The topological polar surface area (TPSA) is 60.0 Å². The Balaban J connectivity index is 4.45. The lowest BCUT2D eigenvalue weighted by Gasteiger charge is -2.34. The number of likely N-dealkylation sites (N-methyl/N-ethyl adjacent to an activating group) is 1. The Morgan fingerprint density at radius 2 is 1.92 bits per heavy atom. The molecule has 13 heavy (non-hydrogen) atoms. The van der Waals surface area contributed by atoms with Gasteiger partial charge in [0.15, 0.2) is 0 Å². The smallest absolute Gasteiger partial charge is 0.304 e. The van der Waals surface area contributed by atoms with E-state index >= 15 is 0 Å². The van der Waals surface area contributed by atoms with Gasteiger partial charge >= 0.3 is 9.76 Å². The van der Waals surface area contributed by atoms with Crippen LogP contribution in [0.3, 0.4) is 0 Å². The molecule has 0 saturated carbocycles. The zero-order valence-corrected chi connectivity index (χ0v) is 9.46. The minimum atomic E-state index is -1.06. The molecule has 78 valence electrons. The molecule has 0 heterocycles. The first-order valence-electron chi connectivity index (χ1n) is 3.89. The molecule has 0 rings (SSSR count). The average Bonchev–Trinajstić information content (AvgIpc) is 2.19. The van der Waals surface area contributed by atoms with Crippen molar-refractivity contribution in [2.24, 2.45) is 0 Å². The first kappa shape index (κ1) is 13.0. The van der Waals surface area contributed by atoms with E-state index < -0.39 is 15.2 Å². The molecular formula is C7H17NO4Si. The van der Waals surface area contributed by atoms with Gasteiger partial charge in [-0.2, -0.15) is 0 Å². The summed E-state index contributed by atoms with van der Waals surface area (Å²) >= 11 is 0. The Bertz CT molecular complexity index is 123. The summed E-state index contributed by atoms with van der Waals surface area (Å²) in [5.74, 6) is 0. The van der Waals surface area contributed by atoms with E-state index in [0.717, 1.165) is 0 Å². The zero-order valence-electron chi connectivity index (χ0n) is 8.46. The second-order valence-electron chi connectivity index (χ2n) is 2.47. The molecule has 0 fully saturated rings. The summed E-state index contributed by atoms with van der Waals surface area (Å²) in [4.78, 5) is 9.17. The molecule has 1 unspecified atom stereocenters. The van der Waals surface area contributed by atoms with Crippen LogP contribution in [0.2, 0.25) is 0 Å². The third-order valence-corrected chi connectivity index (χ3v) is 2.90. The van der Waals surface area contributed by atoms with Crippen molar-refractivity contribution in [2.45, 2.75) is 11.5 Å². The predicted molar refractivity (Wildman–Crippen MR) is 49.4 cm³/mol. The Morgan fingerprint density at radius 1 is 1.38 bits per heavy atom. The van der Waals surface area contributed by atoms with Crippen LogP contribution in [0, 0.1) is 0 Å². The molecule has 0 aromatic carbocycles. The van der Waals surface area contributed by atoms with Crippen molar-refractivity contribution in [3.05, 3.63) is 0 Å². The monoisotopic (exact) mass is 207 g/mol. The second kappa shape index (κ2) is 6.47. The lowest BCUT2D eigenvalue weighted by atomic mass is 10.3. The van der Waals surface area contributed by atoms with Crippen molar-refractivity contribution in [2.75, 3.05) is 34.9 Å². The quantitative estimate of drug-likeness (QED) is 0.405. The molecule has 0 aromatic heterocycles. The van der Waals surface area contributed by atoms with Crippen molar-refractivity contribution in [3.63, 3.8) is 0 Å². The summed E-state index contributed by atoms with van der Waals surface area (Å²) in [6.07, 6.45) is -0.337. The van der Waals surface area contributed by atoms with Gasteiger partial charge in [0.05, 0.1) is 0 Å². The van der Waals surface area contributed by atoms with E-state index in [0.29, 0.717) is 6.54 Å². The molecule has 2 radical (unpaired) electrons. The van der Waals surface area contributed by atoms with Gasteiger partial charge in [-0.15, -0.1) is 0 Å². The molecule has 0 aliphatic rings. The maximum atomic E-state index is 9.17. The molecule has 1 atom stereocenters. The minimum Gasteiger partial charge on any atom is -0.428 e. The lowest BCUT2D eigenvalue weighted by Crippen LogP contribution is -2.55. The second-order valence-corrected chi connectivity index (χ2v) is 3.39. The van der Waals surface area contributed by atoms with Crippen molar-refractivity contribution in [1.29, 1.82) is 0 Å². The number of ether oxygens (including phenoxy) is 3. The van der Waals surface area contributed by atoms with Crippen LogP contribution in [0.25, 0.3) is 0 Å². The van der Waals surface area contributed by atoms with Crippen LogP contribution < -0.4 is 5.32 Å². The van der Waals surface area contributed by atoms with Crippen LogP contribution in [0.1, 0.15) is 0 Å². The standard InChI is InChI=1S/C7H17NO4Si/c1-8-5-6(10-2)7(11-3,12-4)13-9/h6,8-9H,5H2,1-4H3. The SMILES string of the molecule is CNCC(OC)C(OC)(OC)[Si]O. The molecule has 0 aliphatic carbocycles. The van der Waals surface area contributed by atoms with Crippen LogP contribution in [0.5, 0.6) is 0 Å². The predicted octanol–water partition coefficient (Wildman–Crippen LogP) is -1.22. The van der Waals surface area contributed by atoms with Gasteiger partial charge in [0.1, 0.15) is 6.10 Å². The van der Waals surface area contributed by atoms with E-state index in [9.17, 15) is 4.80 Å². The summed E-state index contributed by atoms with van der Waals surface area (Å²) in [5.41, 5.74) is -1.06. The van der Waals surface area contributed by atoms with Crippen LogP contribution in [-0.2, 0) is 14.2 Å². The first-order chi connectivity index (χ1) is 6.20. The van der Waals surface area contributed by atoms with E-state index in [4.69, 9.17) is 14.2 Å². The summed E-state index contributed by atoms with van der Waals surface area (Å²) in [6, 6.07) is 0. The fourth-order valence-electron chi connectivity index (χ4n) is 1.07. The van der Waals surface area contributed by atoms with Crippen molar-refractivity contribution >= 4 is 9.76 Å². The maximum Gasteiger partial charge on any atom is 0.304 e. The molecule has 0 amide bonds. The van der Waals surface area contributed by atoms with E-state index in [1.165, 1.54) is 14.2 Å². The van der Waals surface area contributed by atoms with Gasteiger partial charge in [0, 0.05) is 27.9 Å². The van der Waals surface area contributed by atoms with Gasteiger partial charge < -0.3 is 24.3 Å². The van der Waals surface area contributed by atoms with Crippen LogP contribution >= 0.6 is 0 Å². The van der Waals surface area contributed by atoms with Gasteiger partial charge in [-0.25, -0.2) is 0 Å². The third kappa shape index (κ3) is 3.01. The number of methoxy groups -OCH3 is 3. The van der Waals surface area contributed by atoms with E-state index in [1.54, 1.807) is 14.2 Å². The highest BCUT2D eigenvalue weighted by Crippen LogP contribution is 2.16. The summed E-state index contributed by atoms with van der Waals surface area (Å²) < 4.78 is 15.4. The van der Waals surface area contributed by atoms with Crippen LogP contribution in [0.4, 0.5) is 0 Å². The molecule has 6 heteroatoms. The highest BCUT2D eigenvalue weighted by molar-refractivity contribution is 6.29. The Hall–Kier alpha value is 0.0169. The number of nitrogens with one attached hydrogen (secondary N) is 1. The summed E-state index contributed by atoms with van der Waals surface area (Å²) in [5, 5.41) is 2.94. The van der Waals surface area contributed by atoms with E-state index in [2.05, 4.69) is 5.32 Å². The molecule has 0 aliphatic heterocycles. The third-order valence-electron chi connectivity index (χ3n) is 1.86. The van der Waals surface area contributed by atoms with Gasteiger partial charge in [-0.05, 0) is 7.05 Å². The van der Waals surface area contributed by atoms with Gasteiger partial charge in [-0.1, -0.05) is 0 Å². The molecule has 0 bridgehead atoms. The molecule has 5 nitrogen and oxygen atoms in total. The minimum absolute atomic E-state index is 0.337. The summed E-state index contributed by atoms with van der Waals surface area (Å²) in [6.45, 7) is 0.547.